The van der Waals surface area contributed by atoms with Gasteiger partial charge in [-0.15, -0.1) is 0 Å². The first-order valence-corrected chi connectivity index (χ1v) is 15.2. The third kappa shape index (κ3) is 5.62. The van der Waals surface area contributed by atoms with E-state index in [9.17, 15) is 19.5 Å². The number of amides is 1. The number of ketones is 1. The molecule has 1 aliphatic rings. The van der Waals surface area contributed by atoms with E-state index in [2.05, 4.69) is 23.5 Å². The summed E-state index contributed by atoms with van der Waals surface area (Å²) in [6, 6.07) is 9.79. The molecule has 4 aromatic rings. The summed E-state index contributed by atoms with van der Waals surface area (Å²) >= 11 is 0.939. The zero-order valence-electron chi connectivity index (χ0n) is 25.1. The molecule has 0 radical (unpaired) electrons. The summed E-state index contributed by atoms with van der Waals surface area (Å²) < 4.78 is 13.0. The maximum absolute atomic E-state index is 13.8. The summed E-state index contributed by atoms with van der Waals surface area (Å²) in [6.45, 7) is 11.5. The second-order valence-corrected chi connectivity index (χ2v) is 11.5. The van der Waals surface area contributed by atoms with Crippen LogP contribution in [-0.4, -0.2) is 50.3 Å². The van der Waals surface area contributed by atoms with Gasteiger partial charge >= 0.3 is 11.9 Å². The van der Waals surface area contributed by atoms with E-state index in [-0.39, 0.29) is 27.9 Å². The third-order valence-corrected chi connectivity index (χ3v) is 8.59. The number of aryl methyl sites for hydroxylation is 3. The molecule has 1 aromatic carbocycles. The second kappa shape index (κ2) is 12.8. The van der Waals surface area contributed by atoms with Crippen molar-refractivity contribution in [2.75, 3.05) is 18.1 Å². The third-order valence-electron chi connectivity index (χ3n) is 7.45. The standard InChI is InChI=1S/C33H34N4O6S/c1-6-8-9-17-42-23-14-10-13-22(18-23)26-24(27(38)25-21(5)36-15-11-12-19(3)30(36)35-25)28(39)31(40)37(26)33-34-20(4)29(44-33)32(41)43-16-7-2/h7,10-15,18,26,38H,2,6,8-9,16-17H2,1,3-5H3/b27-24+. The van der Waals surface area contributed by atoms with Gasteiger partial charge in [0.05, 0.1) is 29.6 Å². The molecule has 0 saturated carbocycles. The molecule has 1 N–H and O–H groups in total. The number of aliphatic hydroxyl groups is 1. The van der Waals surface area contributed by atoms with Crippen LogP contribution in [0.25, 0.3) is 11.4 Å². The van der Waals surface area contributed by atoms with Crippen LogP contribution in [0.5, 0.6) is 5.75 Å². The SMILES string of the molecule is C=CCOC(=O)c1sc(N2C(=O)C(=O)/C(=C(/O)c3nc4c(C)cccn4c3C)C2c2cccc(OCCCCC)c2)nc1C. The molecule has 1 saturated heterocycles. The number of anilines is 1. The monoisotopic (exact) mass is 614 g/mol. The van der Waals surface area contributed by atoms with E-state index in [1.54, 1.807) is 38.1 Å². The number of esters is 1. The number of aromatic nitrogens is 3. The van der Waals surface area contributed by atoms with E-state index in [1.165, 1.54) is 11.0 Å². The molecule has 5 rings (SSSR count). The number of fused-ring (bicyclic) bond motifs is 1. The zero-order chi connectivity index (χ0) is 31.5. The number of hydrogen-bond donors (Lipinski definition) is 1. The van der Waals surface area contributed by atoms with Crippen molar-refractivity contribution >= 4 is 45.5 Å². The average Bonchev–Trinajstić information content (AvgIpc) is 3.65. The number of imidazole rings is 1. The Balaban J connectivity index is 1.67. The number of carbonyl (C=O) groups is 3. The minimum atomic E-state index is -1.07. The van der Waals surface area contributed by atoms with Crippen LogP contribution in [0.3, 0.4) is 0 Å². The summed E-state index contributed by atoms with van der Waals surface area (Å²) in [5, 5.41) is 11.9. The lowest BCUT2D eigenvalue weighted by Crippen LogP contribution is -2.29. The number of thiazole rings is 1. The number of benzene rings is 1. The van der Waals surface area contributed by atoms with Crippen LogP contribution in [-0.2, 0) is 14.3 Å². The Bertz CT molecular complexity index is 1800. The van der Waals surface area contributed by atoms with Gasteiger partial charge in [-0.1, -0.05) is 62.0 Å². The van der Waals surface area contributed by atoms with Crippen molar-refractivity contribution in [3.63, 3.8) is 0 Å². The predicted octanol–water partition coefficient (Wildman–Crippen LogP) is 6.25. The Morgan fingerprint density at radius 2 is 1.93 bits per heavy atom. The maximum atomic E-state index is 13.8. The fourth-order valence-electron chi connectivity index (χ4n) is 5.21. The van der Waals surface area contributed by atoms with Gasteiger partial charge in [0.15, 0.2) is 10.9 Å². The fraction of sp³-hybridized carbons (Fsp3) is 0.303. The topological polar surface area (TPSA) is 123 Å². The van der Waals surface area contributed by atoms with Crippen molar-refractivity contribution in [1.29, 1.82) is 0 Å². The number of nitrogens with zero attached hydrogens (tertiary/aromatic N) is 4. The Labute approximate surface area is 259 Å². The number of carbonyl (C=O) groups excluding carboxylic acids is 3. The summed E-state index contributed by atoms with van der Waals surface area (Å²) in [7, 11) is 0. The maximum Gasteiger partial charge on any atom is 0.350 e. The van der Waals surface area contributed by atoms with E-state index < -0.39 is 29.5 Å². The molecule has 11 heteroatoms. The molecule has 0 bridgehead atoms. The molecule has 1 aliphatic heterocycles. The molecule has 0 aliphatic carbocycles. The molecule has 228 valence electrons. The first kappa shape index (κ1) is 30.7. The molecule has 1 unspecified atom stereocenters. The largest absolute Gasteiger partial charge is 0.505 e. The van der Waals surface area contributed by atoms with Crippen LogP contribution < -0.4 is 9.64 Å². The van der Waals surface area contributed by atoms with E-state index in [0.29, 0.717) is 35.0 Å². The van der Waals surface area contributed by atoms with Crippen molar-refractivity contribution in [2.45, 2.75) is 53.0 Å². The van der Waals surface area contributed by atoms with Crippen molar-refractivity contribution < 1.29 is 29.0 Å². The number of unbranched alkanes of at least 4 members (excludes halogenated alkanes) is 2. The fourth-order valence-corrected chi connectivity index (χ4v) is 6.20. The second-order valence-electron chi connectivity index (χ2n) is 10.5. The van der Waals surface area contributed by atoms with Gasteiger partial charge in [0.2, 0.25) is 0 Å². The predicted molar refractivity (Wildman–Crippen MR) is 168 cm³/mol. The summed E-state index contributed by atoms with van der Waals surface area (Å²) in [5.74, 6) is -2.23. The Kier molecular flexibility index (Phi) is 8.96. The van der Waals surface area contributed by atoms with Gasteiger partial charge in [-0.3, -0.25) is 14.5 Å². The van der Waals surface area contributed by atoms with Gasteiger partial charge in [0, 0.05) is 6.20 Å². The van der Waals surface area contributed by atoms with Gasteiger partial charge in [-0.25, -0.2) is 14.8 Å². The number of pyridine rings is 1. The minimum Gasteiger partial charge on any atom is -0.505 e. The normalized spacial score (nSPS) is 16.1. The molecule has 10 nitrogen and oxygen atoms in total. The lowest BCUT2D eigenvalue weighted by atomic mass is 9.96. The number of hydrogen-bond acceptors (Lipinski definition) is 9. The van der Waals surface area contributed by atoms with Crippen LogP contribution in [0.4, 0.5) is 5.13 Å². The number of Topliss-reactive ketones (excluding diaryl/α,β-unsaturated/α-hetero) is 1. The lowest BCUT2D eigenvalue weighted by molar-refractivity contribution is -0.132. The van der Waals surface area contributed by atoms with Crippen LogP contribution in [0, 0.1) is 20.8 Å². The Hall–Kier alpha value is -4.77. The average molecular weight is 615 g/mol. The quantitative estimate of drug-likeness (QED) is 0.0525. The van der Waals surface area contributed by atoms with E-state index in [0.717, 1.165) is 36.2 Å². The van der Waals surface area contributed by atoms with Gasteiger partial charge in [-0.05, 0) is 56.5 Å². The van der Waals surface area contributed by atoms with Gasteiger partial charge in [-0.2, -0.15) is 0 Å². The highest BCUT2D eigenvalue weighted by Crippen LogP contribution is 2.44. The van der Waals surface area contributed by atoms with Crippen LogP contribution in [0.15, 0.2) is 60.8 Å². The first-order chi connectivity index (χ1) is 21.2. The zero-order valence-corrected chi connectivity index (χ0v) is 25.9. The number of aliphatic hydroxyl groups excluding tert-OH is 1. The molecule has 1 atom stereocenters. The Morgan fingerprint density at radius 1 is 1.14 bits per heavy atom. The first-order valence-electron chi connectivity index (χ1n) is 14.4. The lowest BCUT2D eigenvalue weighted by Gasteiger charge is -2.23. The number of ether oxygens (including phenoxy) is 2. The highest BCUT2D eigenvalue weighted by Gasteiger charge is 2.49. The molecular formula is C33H34N4O6S. The summed E-state index contributed by atoms with van der Waals surface area (Å²) in [6.07, 6.45) is 6.24. The molecular weight excluding hydrogens is 580 g/mol. The highest BCUT2D eigenvalue weighted by molar-refractivity contribution is 7.17. The molecule has 4 heterocycles. The Morgan fingerprint density at radius 3 is 2.66 bits per heavy atom. The molecule has 44 heavy (non-hydrogen) atoms. The van der Waals surface area contributed by atoms with Gasteiger partial charge in [0.1, 0.15) is 28.6 Å². The van der Waals surface area contributed by atoms with Crippen molar-refractivity contribution in [1.82, 2.24) is 14.4 Å². The summed E-state index contributed by atoms with van der Waals surface area (Å²) in [5.41, 5.74) is 3.05. The smallest absolute Gasteiger partial charge is 0.350 e. The molecule has 1 amide bonds. The molecule has 3 aromatic heterocycles. The van der Waals surface area contributed by atoms with Crippen molar-refractivity contribution in [3.8, 4) is 5.75 Å². The molecule has 1 fully saturated rings. The van der Waals surface area contributed by atoms with E-state index >= 15 is 0 Å². The number of rotatable bonds is 11. The minimum absolute atomic E-state index is 0.0128. The van der Waals surface area contributed by atoms with Gasteiger partial charge in [0.25, 0.3) is 5.78 Å². The van der Waals surface area contributed by atoms with E-state index in [4.69, 9.17) is 9.47 Å². The van der Waals surface area contributed by atoms with Gasteiger partial charge < -0.3 is 19.0 Å². The van der Waals surface area contributed by atoms with Crippen LogP contribution in [0.2, 0.25) is 0 Å². The van der Waals surface area contributed by atoms with Crippen LogP contribution >= 0.6 is 11.3 Å². The highest BCUT2D eigenvalue weighted by atomic mass is 32.1. The molecule has 0 spiro atoms. The van der Waals surface area contributed by atoms with E-state index in [1.807, 2.05) is 29.7 Å². The summed E-state index contributed by atoms with van der Waals surface area (Å²) in [4.78, 5) is 50.8. The van der Waals surface area contributed by atoms with Crippen molar-refractivity contribution in [3.05, 3.63) is 93.9 Å². The van der Waals surface area contributed by atoms with Crippen molar-refractivity contribution in [2.24, 2.45) is 0 Å². The van der Waals surface area contributed by atoms with Crippen LogP contribution in [0.1, 0.15) is 70.1 Å².